The Labute approximate surface area is 151 Å². The lowest BCUT2D eigenvalue weighted by atomic mass is 9.79. The lowest BCUT2D eigenvalue weighted by molar-refractivity contribution is 0.0216. The molecule has 2 bridgehead atoms. The van der Waals surface area contributed by atoms with Gasteiger partial charge >= 0.3 is 0 Å². The Kier molecular flexibility index (Phi) is 4.09. The van der Waals surface area contributed by atoms with Gasteiger partial charge in [-0.15, -0.1) is 11.3 Å². The molecule has 3 aliphatic rings. The van der Waals surface area contributed by atoms with E-state index in [4.69, 9.17) is 0 Å². The van der Waals surface area contributed by atoms with Crippen molar-refractivity contribution in [1.82, 2.24) is 15.2 Å². The smallest absolute Gasteiger partial charge is 0.270 e. The van der Waals surface area contributed by atoms with Crippen LogP contribution in [-0.2, 0) is 9.84 Å². The van der Waals surface area contributed by atoms with Crippen LogP contribution in [-0.4, -0.2) is 55.6 Å². The minimum atomic E-state index is -3.33. The summed E-state index contributed by atoms with van der Waals surface area (Å²) in [5.41, 5.74) is 0.277. The number of nitrogens with one attached hydrogen (secondary N) is 1. The summed E-state index contributed by atoms with van der Waals surface area (Å²) < 4.78 is 24.6. The van der Waals surface area contributed by atoms with Crippen molar-refractivity contribution < 1.29 is 13.2 Å². The molecule has 3 fully saturated rings. The number of hydrogen-bond donors (Lipinski definition) is 1. The molecule has 0 saturated carbocycles. The minimum Gasteiger partial charge on any atom is -0.346 e. The Balaban J connectivity index is 1.62. The van der Waals surface area contributed by atoms with Crippen LogP contribution in [0.3, 0.4) is 0 Å². The van der Waals surface area contributed by atoms with Gasteiger partial charge in [-0.1, -0.05) is 0 Å². The predicted molar refractivity (Wildman–Crippen MR) is 97.7 cm³/mol. The highest BCUT2D eigenvalue weighted by molar-refractivity contribution is 7.91. The number of pyridine rings is 1. The fourth-order valence-electron chi connectivity index (χ4n) is 4.09. The molecule has 25 heavy (non-hydrogen) atoms. The molecule has 0 aromatic carbocycles. The molecular formula is C17H21N3O3S2. The lowest BCUT2D eigenvalue weighted by Crippen LogP contribution is -2.62. The second-order valence-electron chi connectivity index (χ2n) is 7.05. The average Bonchev–Trinajstić information content (AvgIpc) is 3.01. The first-order valence-corrected chi connectivity index (χ1v) is 11.2. The van der Waals surface area contributed by atoms with Crippen LogP contribution in [0.1, 0.15) is 30.3 Å². The zero-order chi connectivity index (χ0) is 17.8. The van der Waals surface area contributed by atoms with E-state index in [0.29, 0.717) is 17.3 Å². The van der Waals surface area contributed by atoms with Crippen LogP contribution in [0.5, 0.6) is 0 Å². The van der Waals surface area contributed by atoms with Gasteiger partial charge in [-0.3, -0.25) is 9.69 Å². The maximum absolute atomic E-state index is 12.7. The number of thiophene rings is 1. The average molecular weight is 380 g/mol. The molecular weight excluding hydrogens is 358 g/mol. The van der Waals surface area contributed by atoms with Gasteiger partial charge in [0.05, 0.1) is 9.60 Å². The largest absolute Gasteiger partial charge is 0.346 e. The Morgan fingerprint density at radius 1 is 1.36 bits per heavy atom. The van der Waals surface area contributed by atoms with Gasteiger partial charge < -0.3 is 5.32 Å². The van der Waals surface area contributed by atoms with Crippen LogP contribution in [0.15, 0.2) is 22.5 Å². The Morgan fingerprint density at radius 3 is 2.72 bits per heavy atom. The van der Waals surface area contributed by atoms with E-state index in [0.717, 1.165) is 30.6 Å². The highest BCUT2D eigenvalue weighted by Crippen LogP contribution is 2.33. The summed E-state index contributed by atoms with van der Waals surface area (Å²) in [5, 5.41) is 5.33. The van der Waals surface area contributed by atoms with Crippen molar-refractivity contribution in [1.29, 1.82) is 0 Å². The van der Waals surface area contributed by atoms with Crippen molar-refractivity contribution in [2.45, 2.75) is 36.7 Å². The number of amides is 1. The Morgan fingerprint density at radius 2 is 2.08 bits per heavy atom. The normalized spacial score (nSPS) is 29.0. The summed E-state index contributed by atoms with van der Waals surface area (Å²) in [5.74, 6) is 0.290. The molecule has 1 amide bonds. The van der Waals surface area contributed by atoms with Crippen molar-refractivity contribution in [3.63, 3.8) is 0 Å². The number of carbonyl (C=O) groups is 1. The van der Waals surface area contributed by atoms with E-state index < -0.39 is 9.84 Å². The molecule has 3 aliphatic heterocycles. The molecule has 8 heteroatoms. The number of piperidine rings is 3. The third kappa shape index (κ3) is 2.96. The molecule has 5 rings (SSSR count). The molecule has 0 aliphatic carbocycles. The fraction of sp³-hybridized carbons (Fsp3) is 0.529. The topological polar surface area (TPSA) is 79.4 Å². The zero-order valence-electron chi connectivity index (χ0n) is 14.2. The first-order chi connectivity index (χ1) is 11.8. The van der Waals surface area contributed by atoms with Crippen LogP contribution in [0.25, 0.3) is 10.1 Å². The summed E-state index contributed by atoms with van der Waals surface area (Å²) in [6.45, 7) is 4.37. The van der Waals surface area contributed by atoms with Crippen molar-refractivity contribution >= 4 is 37.2 Å². The van der Waals surface area contributed by atoms with Gasteiger partial charge in [-0.2, -0.15) is 0 Å². The molecule has 0 radical (unpaired) electrons. The molecule has 2 unspecified atom stereocenters. The van der Waals surface area contributed by atoms with E-state index in [1.54, 1.807) is 17.6 Å². The summed E-state index contributed by atoms with van der Waals surface area (Å²) >= 11 is 1.33. The molecule has 3 saturated heterocycles. The third-order valence-electron chi connectivity index (χ3n) is 5.53. The van der Waals surface area contributed by atoms with Gasteiger partial charge in [0.25, 0.3) is 5.91 Å². The Bertz CT molecular complexity index is 928. The van der Waals surface area contributed by atoms with Gasteiger partial charge in [0.2, 0.25) is 0 Å². The second-order valence-corrected chi connectivity index (χ2v) is 9.95. The molecule has 0 spiro atoms. The molecule has 2 aromatic rings. The fourth-order valence-corrected chi connectivity index (χ4v) is 6.34. The van der Waals surface area contributed by atoms with Crippen LogP contribution < -0.4 is 5.32 Å². The van der Waals surface area contributed by atoms with E-state index >= 15 is 0 Å². The summed E-state index contributed by atoms with van der Waals surface area (Å²) in [6.07, 6.45) is 5.00. The van der Waals surface area contributed by atoms with Crippen LogP contribution in [0, 0.1) is 5.92 Å². The van der Waals surface area contributed by atoms with Gasteiger partial charge in [0.15, 0.2) is 9.84 Å². The summed E-state index contributed by atoms with van der Waals surface area (Å²) in [4.78, 5) is 19.7. The molecule has 2 aromatic heterocycles. The van der Waals surface area contributed by atoms with Gasteiger partial charge in [0, 0.05) is 35.3 Å². The first kappa shape index (κ1) is 16.9. The second kappa shape index (κ2) is 6.03. The quantitative estimate of drug-likeness (QED) is 0.881. The number of nitrogens with zero attached hydrogens (tertiary/aromatic N) is 2. The number of hydrogen-bond acceptors (Lipinski definition) is 6. The lowest BCUT2D eigenvalue weighted by Gasteiger charge is -2.49. The van der Waals surface area contributed by atoms with E-state index in [2.05, 4.69) is 22.1 Å². The van der Waals surface area contributed by atoms with Gasteiger partial charge in [-0.25, -0.2) is 13.4 Å². The molecule has 5 heterocycles. The summed E-state index contributed by atoms with van der Waals surface area (Å²) in [6, 6.07) is 2.06. The molecule has 6 nitrogen and oxygen atoms in total. The molecule has 2 atom stereocenters. The SMILES string of the molecule is CC1C(NC(=O)c2cc3c(S(C)(=O)=O)csc3cn2)C2CCN1CC2. The van der Waals surface area contributed by atoms with Gasteiger partial charge in [-0.05, 0) is 44.8 Å². The molecule has 1 N–H and O–H groups in total. The maximum atomic E-state index is 12.7. The van der Waals surface area contributed by atoms with Crippen molar-refractivity contribution in [2.75, 3.05) is 19.3 Å². The number of aromatic nitrogens is 1. The van der Waals surface area contributed by atoms with Gasteiger partial charge in [0.1, 0.15) is 5.69 Å². The number of sulfone groups is 1. The number of fused-ring (bicyclic) bond motifs is 4. The van der Waals surface area contributed by atoms with Crippen LogP contribution in [0.2, 0.25) is 0 Å². The zero-order valence-corrected chi connectivity index (χ0v) is 15.9. The number of carbonyl (C=O) groups excluding carboxylic acids is 1. The van der Waals surface area contributed by atoms with E-state index in [-0.39, 0.29) is 22.5 Å². The highest BCUT2D eigenvalue weighted by atomic mass is 32.2. The van der Waals surface area contributed by atoms with Crippen molar-refractivity contribution in [2.24, 2.45) is 5.92 Å². The number of rotatable bonds is 3. The molecule has 134 valence electrons. The maximum Gasteiger partial charge on any atom is 0.270 e. The highest BCUT2D eigenvalue weighted by Gasteiger charge is 2.40. The minimum absolute atomic E-state index is 0.129. The van der Waals surface area contributed by atoms with E-state index in [1.165, 1.54) is 17.6 Å². The summed E-state index contributed by atoms with van der Waals surface area (Å²) in [7, 11) is -3.33. The standard InChI is InChI=1S/C17H21N3O3S2/c1-10-16(11-3-5-20(10)6-4-11)19-17(21)13-7-12-14(8-18-13)24-9-15(12)25(2,22)23/h7-11,16H,3-6H2,1-2H3,(H,19,21). The first-order valence-electron chi connectivity index (χ1n) is 8.47. The van der Waals surface area contributed by atoms with Crippen LogP contribution >= 0.6 is 11.3 Å². The van der Waals surface area contributed by atoms with Crippen LogP contribution in [0.4, 0.5) is 0 Å². The van der Waals surface area contributed by atoms with Crippen molar-refractivity contribution in [3.8, 4) is 0 Å². The Hall–Kier alpha value is -1.51. The predicted octanol–water partition coefficient (Wildman–Crippen LogP) is 1.91. The third-order valence-corrected chi connectivity index (χ3v) is 7.75. The van der Waals surface area contributed by atoms with Crippen molar-refractivity contribution in [3.05, 3.63) is 23.3 Å². The van der Waals surface area contributed by atoms with E-state index in [9.17, 15) is 13.2 Å². The van der Waals surface area contributed by atoms with E-state index in [1.807, 2.05) is 0 Å². The monoisotopic (exact) mass is 379 g/mol.